The van der Waals surface area contributed by atoms with Crippen molar-refractivity contribution < 1.29 is 9.53 Å². The second kappa shape index (κ2) is 8.62. The molecule has 2 aromatic rings. The lowest BCUT2D eigenvalue weighted by Gasteiger charge is -2.11. The Morgan fingerprint density at radius 1 is 1.32 bits per heavy atom. The highest BCUT2D eigenvalue weighted by molar-refractivity contribution is 5.73. The molecule has 134 valence electrons. The molecule has 0 aliphatic carbocycles. The molecule has 1 saturated heterocycles. The maximum atomic E-state index is 11.7. The molecule has 2 heterocycles. The fraction of sp³-hybridized carbons (Fsp3) is 0.500. The number of hydrogen-bond donors (Lipinski definition) is 3. The number of nitrogens with one attached hydrogen (secondary N) is 3. The Balaban J connectivity index is 1.36. The van der Waals surface area contributed by atoms with Crippen LogP contribution in [-0.4, -0.2) is 47.0 Å². The average molecular weight is 343 g/mol. The Morgan fingerprint density at radius 2 is 2.16 bits per heavy atom. The standard InChI is InChI=1S/C18H25N5O2/c1-13-4-6-14(7-5-13)11-17-21-16(22-23-17)8-9-19-18(24)20-12-15-3-2-10-25-15/h4-7,15H,2-3,8-12H2,1H3,(H2,19,20,24)(H,21,22,23). The predicted molar refractivity (Wildman–Crippen MR) is 94.4 cm³/mol. The second-order valence-electron chi connectivity index (χ2n) is 6.38. The van der Waals surface area contributed by atoms with Crippen molar-refractivity contribution in [3.63, 3.8) is 0 Å². The number of ether oxygens (including phenoxy) is 1. The number of aromatic amines is 1. The largest absolute Gasteiger partial charge is 0.376 e. The molecule has 1 atom stereocenters. The van der Waals surface area contributed by atoms with Gasteiger partial charge in [-0.25, -0.2) is 9.78 Å². The van der Waals surface area contributed by atoms with E-state index in [2.05, 4.69) is 57.0 Å². The van der Waals surface area contributed by atoms with E-state index in [9.17, 15) is 4.79 Å². The van der Waals surface area contributed by atoms with Crippen molar-refractivity contribution in [1.29, 1.82) is 0 Å². The third-order valence-corrected chi connectivity index (χ3v) is 4.22. The molecule has 25 heavy (non-hydrogen) atoms. The summed E-state index contributed by atoms with van der Waals surface area (Å²) in [7, 11) is 0. The van der Waals surface area contributed by atoms with Gasteiger partial charge in [0.1, 0.15) is 5.82 Å². The maximum absolute atomic E-state index is 11.7. The zero-order chi connectivity index (χ0) is 17.5. The first-order valence-corrected chi connectivity index (χ1v) is 8.78. The number of carbonyl (C=O) groups is 1. The Bertz CT molecular complexity index is 677. The average Bonchev–Trinajstić information content (AvgIpc) is 3.27. The number of carbonyl (C=O) groups excluding carboxylic acids is 1. The van der Waals surface area contributed by atoms with Gasteiger partial charge in [0.15, 0.2) is 5.82 Å². The number of aromatic nitrogens is 3. The molecule has 1 aromatic heterocycles. The van der Waals surface area contributed by atoms with E-state index in [1.54, 1.807) is 0 Å². The molecule has 7 nitrogen and oxygen atoms in total. The van der Waals surface area contributed by atoms with Crippen LogP contribution in [0.15, 0.2) is 24.3 Å². The van der Waals surface area contributed by atoms with E-state index in [1.165, 1.54) is 11.1 Å². The SMILES string of the molecule is Cc1ccc(Cc2nc(CCNC(=O)NCC3CCCO3)n[nH]2)cc1. The number of rotatable bonds is 7. The van der Waals surface area contributed by atoms with Crippen LogP contribution in [0.1, 0.15) is 35.6 Å². The van der Waals surface area contributed by atoms with Gasteiger partial charge < -0.3 is 15.4 Å². The van der Waals surface area contributed by atoms with E-state index in [0.29, 0.717) is 25.3 Å². The lowest BCUT2D eigenvalue weighted by molar-refractivity contribution is 0.111. The normalized spacial score (nSPS) is 16.8. The molecule has 1 aromatic carbocycles. The lowest BCUT2D eigenvalue weighted by atomic mass is 10.1. The number of amides is 2. The molecule has 1 fully saturated rings. The molecule has 0 saturated carbocycles. The van der Waals surface area contributed by atoms with Crippen LogP contribution in [0.2, 0.25) is 0 Å². The zero-order valence-corrected chi connectivity index (χ0v) is 14.5. The van der Waals surface area contributed by atoms with Gasteiger partial charge in [-0.2, -0.15) is 5.10 Å². The van der Waals surface area contributed by atoms with Gasteiger partial charge in [-0.3, -0.25) is 5.10 Å². The van der Waals surface area contributed by atoms with E-state index in [0.717, 1.165) is 31.7 Å². The van der Waals surface area contributed by atoms with Gasteiger partial charge in [-0.15, -0.1) is 0 Å². The van der Waals surface area contributed by atoms with Crippen molar-refractivity contribution in [3.05, 3.63) is 47.0 Å². The number of benzene rings is 1. The summed E-state index contributed by atoms with van der Waals surface area (Å²) < 4.78 is 5.47. The lowest BCUT2D eigenvalue weighted by Crippen LogP contribution is -2.40. The minimum absolute atomic E-state index is 0.156. The first-order valence-electron chi connectivity index (χ1n) is 8.78. The fourth-order valence-corrected chi connectivity index (χ4v) is 2.79. The molecule has 1 aliphatic heterocycles. The molecule has 1 aliphatic rings. The van der Waals surface area contributed by atoms with Crippen molar-refractivity contribution in [2.24, 2.45) is 0 Å². The summed E-state index contributed by atoms with van der Waals surface area (Å²) in [4.78, 5) is 16.2. The van der Waals surface area contributed by atoms with E-state index < -0.39 is 0 Å². The zero-order valence-electron chi connectivity index (χ0n) is 14.5. The predicted octanol–water partition coefficient (Wildman–Crippen LogP) is 1.72. The molecule has 0 spiro atoms. The van der Waals surface area contributed by atoms with Gasteiger partial charge >= 0.3 is 6.03 Å². The van der Waals surface area contributed by atoms with Crippen molar-refractivity contribution >= 4 is 6.03 Å². The van der Waals surface area contributed by atoms with Crippen molar-refractivity contribution in [1.82, 2.24) is 25.8 Å². The highest BCUT2D eigenvalue weighted by Gasteiger charge is 2.15. The third-order valence-electron chi connectivity index (χ3n) is 4.22. The van der Waals surface area contributed by atoms with Crippen LogP contribution in [0, 0.1) is 6.92 Å². The molecule has 7 heteroatoms. The van der Waals surface area contributed by atoms with Crippen molar-refractivity contribution in [3.8, 4) is 0 Å². The second-order valence-corrected chi connectivity index (χ2v) is 6.38. The van der Waals surface area contributed by atoms with E-state index in [1.807, 2.05) is 0 Å². The van der Waals surface area contributed by atoms with Crippen LogP contribution in [0.5, 0.6) is 0 Å². The Morgan fingerprint density at radius 3 is 2.92 bits per heavy atom. The van der Waals surface area contributed by atoms with Crippen LogP contribution in [0.4, 0.5) is 4.79 Å². The smallest absolute Gasteiger partial charge is 0.314 e. The van der Waals surface area contributed by atoms with Crippen LogP contribution in [-0.2, 0) is 17.6 Å². The molecule has 0 bridgehead atoms. The fourth-order valence-electron chi connectivity index (χ4n) is 2.79. The summed E-state index contributed by atoms with van der Waals surface area (Å²) >= 11 is 0. The number of nitrogens with zero attached hydrogens (tertiary/aromatic N) is 2. The molecule has 3 N–H and O–H groups in total. The molecule has 3 rings (SSSR count). The van der Waals surface area contributed by atoms with Gasteiger partial charge in [-0.05, 0) is 25.3 Å². The minimum Gasteiger partial charge on any atom is -0.376 e. The van der Waals surface area contributed by atoms with Crippen molar-refractivity contribution in [2.75, 3.05) is 19.7 Å². The number of H-pyrrole nitrogens is 1. The third kappa shape index (κ3) is 5.56. The Labute approximate surface area is 147 Å². The topological polar surface area (TPSA) is 91.9 Å². The molecule has 0 radical (unpaired) electrons. The summed E-state index contributed by atoms with van der Waals surface area (Å²) in [6, 6.07) is 8.19. The summed E-state index contributed by atoms with van der Waals surface area (Å²) in [6.07, 6.45) is 3.56. The Kier molecular flexibility index (Phi) is 6.00. The van der Waals surface area contributed by atoms with Crippen LogP contribution in [0.25, 0.3) is 0 Å². The first kappa shape index (κ1) is 17.4. The van der Waals surface area contributed by atoms with Gasteiger partial charge in [0.05, 0.1) is 6.10 Å². The van der Waals surface area contributed by atoms with Gasteiger partial charge in [0.2, 0.25) is 0 Å². The van der Waals surface area contributed by atoms with E-state index in [4.69, 9.17) is 4.74 Å². The highest BCUT2D eigenvalue weighted by Crippen LogP contribution is 2.10. The van der Waals surface area contributed by atoms with Gasteiger partial charge in [-0.1, -0.05) is 29.8 Å². The van der Waals surface area contributed by atoms with E-state index in [-0.39, 0.29) is 12.1 Å². The van der Waals surface area contributed by atoms with Crippen LogP contribution in [0.3, 0.4) is 0 Å². The summed E-state index contributed by atoms with van der Waals surface area (Å²) in [5.41, 5.74) is 2.44. The minimum atomic E-state index is -0.175. The number of urea groups is 1. The number of hydrogen-bond acceptors (Lipinski definition) is 4. The maximum Gasteiger partial charge on any atom is 0.314 e. The summed E-state index contributed by atoms with van der Waals surface area (Å²) in [5.74, 6) is 1.54. The van der Waals surface area contributed by atoms with Gasteiger partial charge in [0.25, 0.3) is 0 Å². The molecule has 2 amide bonds. The number of aryl methyl sites for hydroxylation is 1. The molecular weight excluding hydrogens is 318 g/mol. The van der Waals surface area contributed by atoms with E-state index >= 15 is 0 Å². The molecule has 1 unspecified atom stereocenters. The van der Waals surface area contributed by atoms with Crippen molar-refractivity contribution in [2.45, 2.75) is 38.7 Å². The molecular formula is C18H25N5O2. The summed E-state index contributed by atoms with van der Waals surface area (Å²) in [5, 5.41) is 12.8. The summed E-state index contributed by atoms with van der Waals surface area (Å²) in [6.45, 7) is 3.93. The monoisotopic (exact) mass is 343 g/mol. The van der Waals surface area contributed by atoms with Crippen LogP contribution >= 0.6 is 0 Å². The quantitative estimate of drug-likeness (QED) is 0.714. The first-order chi connectivity index (χ1) is 12.2. The van der Waals surface area contributed by atoms with Gasteiger partial charge in [0, 0.05) is 32.5 Å². The van der Waals surface area contributed by atoms with Crippen LogP contribution < -0.4 is 10.6 Å². The Hall–Kier alpha value is -2.41. The highest BCUT2D eigenvalue weighted by atomic mass is 16.5.